The minimum atomic E-state index is -0.0478. The number of piperazine rings is 1. The quantitative estimate of drug-likeness (QED) is 0.892. The lowest BCUT2D eigenvalue weighted by molar-refractivity contribution is 0.0629. The summed E-state index contributed by atoms with van der Waals surface area (Å²) in [5, 5.41) is 4.53. The topological polar surface area (TPSA) is 48.1 Å². The van der Waals surface area contributed by atoms with Gasteiger partial charge in [-0.2, -0.15) is 0 Å². The minimum absolute atomic E-state index is 0.0352. The molecule has 0 bridgehead atoms. The van der Waals surface area contributed by atoms with Gasteiger partial charge in [-0.15, -0.1) is 0 Å². The van der Waals surface area contributed by atoms with Crippen LogP contribution in [-0.2, 0) is 0 Å². The fraction of sp³-hybridized carbons (Fsp3) is 0.267. The molecule has 3 rings (SSSR count). The normalized spacial score (nSPS) is 18.8. The van der Waals surface area contributed by atoms with Crippen LogP contribution in [0.5, 0.6) is 0 Å². The largest absolute Gasteiger partial charge is 0.356 e. The van der Waals surface area contributed by atoms with Crippen molar-refractivity contribution >= 4 is 29.1 Å². The van der Waals surface area contributed by atoms with E-state index in [1.54, 1.807) is 12.3 Å². The first-order valence-electron chi connectivity index (χ1n) is 6.76. The number of rotatable bonds is 2. The number of hydrogen-bond acceptors (Lipinski definition) is 2. The van der Waals surface area contributed by atoms with E-state index in [1.165, 1.54) is 0 Å². The summed E-state index contributed by atoms with van der Waals surface area (Å²) in [6.07, 6.45) is 1.62. The van der Waals surface area contributed by atoms with Crippen LogP contribution in [0.3, 0.4) is 0 Å². The molecule has 0 aliphatic carbocycles. The molecule has 4 nitrogen and oxygen atoms in total. The SMILES string of the molecule is O=C(c1cc(Cl)c[nH]1)N1CCNCC1c1cccc(Cl)c1. The van der Waals surface area contributed by atoms with Crippen molar-refractivity contribution in [1.82, 2.24) is 15.2 Å². The number of aromatic nitrogens is 1. The molecule has 0 saturated carbocycles. The summed E-state index contributed by atoms with van der Waals surface area (Å²) in [6, 6.07) is 9.25. The molecule has 2 heterocycles. The first-order chi connectivity index (χ1) is 10.1. The number of aromatic amines is 1. The second kappa shape index (κ2) is 6.10. The lowest BCUT2D eigenvalue weighted by atomic mass is 10.0. The van der Waals surface area contributed by atoms with Gasteiger partial charge in [-0.1, -0.05) is 35.3 Å². The highest BCUT2D eigenvalue weighted by molar-refractivity contribution is 6.31. The Labute approximate surface area is 133 Å². The third-order valence-electron chi connectivity index (χ3n) is 3.62. The van der Waals surface area contributed by atoms with Gasteiger partial charge in [0.1, 0.15) is 5.69 Å². The van der Waals surface area contributed by atoms with Crippen LogP contribution in [0, 0.1) is 0 Å². The number of H-pyrrole nitrogens is 1. The van der Waals surface area contributed by atoms with Gasteiger partial charge in [0.2, 0.25) is 0 Å². The smallest absolute Gasteiger partial charge is 0.270 e. The summed E-state index contributed by atoms with van der Waals surface area (Å²) in [5.74, 6) is -0.0478. The first-order valence-corrected chi connectivity index (χ1v) is 7.52. The van der Waals surface area contributed by atoms with Crippen LogP contribution in [0.25, 0.3) is 0 Å². The van der Waals surface area contributed by atoms with Crippen molar-refractivity contribution in [2.24, 2.45) is 0 Å². The molecular weight excluding hydrogens is 309 g/mol. The average molecular weight is 324 g/mol. The maximum absolute atomic E-state index is 12.7. The molecule has 1 atom stereocenters. The summed E-state index contributed by atoms with van der Waals surface area (Å²) in [7, 11) is 0. The standard InChI is InChI=1S/C15H15Cl2N3O/c16-11-3-1-2-10(6-11)14-9-18-4-5-20(14)15(21)13-7-12(17)8-19-13/h1-3,6-8,14,18-19H,4-5,9H2. The molecule has 0 radical (unpaired) electrons. The van der Waals surface area contributed by atoms with E-state index < -0.39 is 0 Å². The molecule has 1 saturated heterocycles. The minimum Gasteiger partial charge on any atom is -0.356 e. The zero-order valence-corrected chi connectivity index (χ0v) is 12.8. The van der Waals surface area contributed by atoms with Gasteiger partial charge in [0, 0.05) is 30.9 Å². The summed E-state index contributed by atoms with van der Waals surface area (Å²) in [6.45, 7) is 2.13. The van der Waals surface area contributed by atoms with Crippen molar-refractivity contribution in [2.75, 3.05) is 19.6 Å². The van der Waals surface area contributed by atoms with E-state index in [-0.39, 0.29) is 11.9 Å². The highest BCUT2D eigenvalue weighted by atomic mass is 35.5. The van der Waals surface area contributed by atoms with Gasteiger partial charge in [-0.05, 0) is 23.8 Å². The van der Waals surface area contributed by atoms with Gasteiger partial charge in [-0.3, -0.25) is 4.79 Å². The Morgan fingerprint density at radius 3 is 2.81 bits per heavy atom. The Balaban J connectivity index is 1.89. The molecule has 2 aromatic rings. The maximum Gasteiger partial charge on any atom is 0.270 e. The van der Waals surface area contributed by atoms with Gasteiger partial charge < -0.3 is 15.2 Å². The van der Waals surface area contributed by atoms with Crippen molar-refractivity contribution in [1.29, 1.82) is 0 Å². The van der Waals surface area contributed by atoms with Crippen LogP contribution >= 0.6 is 23.2 Å². The number of benzene rings is 1. The maximum atomic E-state index is 12.7. The fourth-order valence-corrected chi connectivity index (χ4v) is 2.97. The summed E-state index contributed by atoms with van der Waals surface area (Å²) >= 11 is 12.0. The van der Waals surface area contributed by atoms with E-state index in [0.717, 1.165) is 12.1 Å². The van der Waals surface area contributed by atoms with Crippen LogP contribution in [0.1, 0.15) is 22.1 Å². The van der Waals surface area contributed by atoms with Crippen molar-refractivity contribution in [3.05, 3.63) is 57.8 Å². The van der Waals surface area contributed by atoms with Crippen LogP contribution in [0.15, 0.2) is 36.5 Å². The van der Waals surface area contributed by atoms with Crippen molar-refractivity contribution in [3.8, 4) is 0 Å². The highest BCUT2D eigenvalue weighted by Crippen LogP contribution is 2.26. The Kier molecular flexibility index (Phi) is 4.19. The number of halogens is 2. The number of nitrogens with zero attached hydrogens (tertiary/aromatic N) is 1. The Morgan fingerprint density at radius 1 is 1.24 bits per heavy atom. The zero-order valence-electron chi connectivity index (χ0n) is 11.3. The fourth-order valence-electron chi connectivity index (χ4n) is 2.61. The predicted octanol–water partition coefficient (Wildman–Crippen LogP) is 3.11. The van der Waals surface area contributed by atoms with Crippen molar-refractivity contribution in [2.45, 2.75) is 6.04 Å². The lowest BCUT2D eigenvalue weighted by Gasteiger charge is -2.36. The van der Waals surface area contributed by atoms with Gasteiger partial charge >= 0.3 is 0 Å². The number of carbonyl (C=O) groups is 1. The molecule has 1 aliphatic rings. The number of carbonyl (C=O) groups excluding carboxylic acids is 1. The van der Waals surface area contributed by atoms with Crippen LogP contribution < -0.4 is 5.32 Å². The predicted molar refractivity (Wildman–Crippen MR) is 83.9 cm³/mol. The zero-order chi connectivity index (χ0) is 14.8. The molecule has 2 N–H and O–H groups in total. The molecule has 1 fully saturated rings. The summed E-state index contributed by atoms with van der Waals surface area (Å²) in [5.41, 5.74) is 1.54. The number of nitrogens with one attached hydrogen (secondary N) is 2. The second-order valence-corrected chi connectivity index (χ2v) is 5.88. The molecular formula is C15H15Cl2N3O. The van der Waals surface area contributed by atoms with E-state index in [1.807, 2.05) is 29.2 Å². The van der Waals surface area contributed by atoms with Crippen LogP contribution in [0.4, 0.5) is 0 Å². The lowest BCUT2D eigenvalue weighted by Crippen LogP contribution is -2.48. The third kappa shape index (κ3) is 3.07. The summed E-state index contributed by atoms with van der Waals surface area (Å²) < 4.78 is 0. The van der Waals surface area contributed by atoms with E-state index in [0.29, 0.717) is 28.8 Å². The van der Waals surface area contributed by atoms with Crippen molar-refractivity contribution < 1.29 is 4.79 Å². The Morgan fingerprint density at radius 2 is 2.10 bits per heavy atom. The molecule has 21 heavy (non-hydrogen) atoms. The number of amides is 1. The van der Waals surface area contributed by atoms with Crippen LogP contribution in [0.2, 0.25) is 10.0 Å². The Hall–Kier alpha value is -1.49. The molecule has 6 heteroatoms. The second-order valence-electron chi connectivity index (χ2n) is 5.01. The molecule has 0 spiro atoms. The highest BCUT2D eigenvalue weighted by Gasteiger charge is 2.29. The van der Waals surface area contributed by atoms with E-state index in [9.17, 15) is 4.79 Å². The summed E-state index contributed by atoms with van der Waals surface area (Å²) in [4.78, 5) is 17.4. The first kappa shape index (κ1) is 14.4. The van der Waals surface area contributed by atoms with Gasteiger partial charge in [0.15, 0.2) is 0 Å². The van der Waals surface area contributed by atoms with Crippen LogP contribution in [-0.4, -0.2) is 35.4 Å². The third-order valence-corrected chi connectivity index (χ3v) is 4.07. The van der Waals surface area contributed by atoms with Crippen molar-refractivity contribution in [3.63, 3.8) is 0 Å². The Bertz CT molecular complexity index is 656. The van der Waals surface area contributed by atoms with Gasteiger partial charge in [-0.25, -0.2) is 0 Å². The van der Waals surface area contributed by atoms with E-state index >= 15 is 0 Å². The molecule has 110 valence electrons. The van der Waals surface area contributed by atoms with Gasteiger partial charge in [0.25, 0.3) is 5.91 Å². The number of hydrogen-bond donors (Lipinski definition) is 2. The molecule has 1 aromatic carbocycles. The molecule has 1 aromatic heterocycles. The monoisotopic (exact) mass is 323 g/mol. The van der Waals surface area contributed by atoms with E-state index in [2.05, 4.69) is 10.3 Å². The van der Waals surface area contributed by atoms with Gasteiger partial charge in [0.05, 0.1) is 11.1 Å². The molecule has 1 amide bonds. The molecule has 1 unspecified atom stereocenters. The van der Waals surface area contributed by atoms with E-state index in [4.69, 9.17) is 23.2 Å². The molecule has 1 aliphatic heterocycles. The average Bonchev–Trinajstić information content (AvgIpc) is 2.93.